The Kier molecular flexibility index (Phi) is 5.09. The molecule has 2 aromatic rings. The van der Waals surface area contributed by atoms with Gasteiger partial charge in [0.05, 0.1) is 23.5 Å². The van der Waals surface area contributed by atoms with Crippen LogP contribution in [-0.4, -0.2) is 16.7 Å². The third kappa shape index (κ3) is 3.49. The molecule has 1 aromatic carbocycles. The van der Waals surface area contributed by atoms with Gasteiger partial charge in [-0.15, -0.1) is 11.6 Å². The molecule has 3 nitrogen and oxygen atoms in total. The maximum absolute atomic E-state index is 13.8. The van der Waals surface area contributed by atoms with Gasteiger partial charge in [0.25, 0.3) is 0 Å². The highest BCUT2D eigenvalue weighted by molar-refractivity contribution is 6.20. The number of hydrogen-bond acceptors (Lipinski definition) is 2. The van der Waals surface area contributed by atoms with E-state index in [1.54, 1.807) is 6.07 Å². The number of hydrogen-bond donors (Lipinski definition) is 0. The zero-order valence-corrected chi connectivity index (χ0v) is 13.7. The molecule has 1 heterocycles. The smallest absolute Gasteiger partial charge is 0.167 e. The minimum Gasteiger partial charge on any atom is -0.494 e. The number of benzene rings is 1. The number of halogens is 2. The molecule has 0 saturated heterocycles. The van der Waals surface area contributed by atoms with Crippen molar-refractivity contribution >= 4 is 22.6 Å². The Morgan fingerprint density at radius 2 is 2.05 bits per heavy atom. The van der Waals surface area contributed by atoms with Crippen LogP contribution in [0.3, 0.4) is 0 Å². The van der Waals surface area contributed by atoms with E-state index < -0.39 is 5.82 Å². The summed E-state index contributed by atoms with van der Waals surface area (Å²) in [5.41, 5.74) is 1.50. The SMILES string of the molecule is COc1cc2c(cc1F)nc(C(C)Cl)n2CCCC(C)C. The highest BCUT2D eigenvalue weighted by Gasteiger charge is 2.17. The van der Waals surface area contributed by atoms with Crippen LogP contribution in [0.2, 0.25) is 0 Å². The fourth-order valence-corrected chi connectivity index (χ4v) is 2.66. The molecule has 0 amide bonds. The molecule has 21 heavy (non-hydrogen) atoms. The first kappa shape index (κ1) is 16.1. The fourth-order valence-electron chi connectivity index (χ4n) is 2.50. The second-order valence-corrected chi connectivity index (χ2v) is 6.40. The summed E-state index contributed by atoms with van der Waals surface area (Å²) in [5.74, 6) is 1.28. The van der Waals surface area contributed by atoms with E-state index in [-0.39, 0.29) is 11.1 Å². The van der Waals surface area contributed by atoms with Gasteiger partial charge in [0.1, 0.15) is 5.82 Å². The molecule has 0 aliphatic rings. The fraction of sp³-hybridized carbons (Fsp3) is 0.562. The normalized spacial score (nSPS) is 13.1. The summed E-state index contributed by atoms with van der Waals surface area (Å²) in [4.78, 5) is 4.48. The van der Waals surface area contributed by atoms with E-state index >= 15 is 0 Å². The van der Waals surface area contributed by atoms with E-state index in [0.29, 0.717) is 11.4 Å². The maximum atomic E-state index is 13.8. The van der Waals surface area contributed by atoms with Gasteiger partial charge in [-0.1, -0.05) is 13.8 Å². The van der Waals surface area contributed by atoms with Gasteiger partial charge in [-0.25, -0.2) is 9.37 Å². The summed E-state index contributed by atoms with van der Waals surface area (Å²) in [7, 11) is 1.47. The van der Waals surface area contributed by atoms with Gasteiger partial charge < -0.3 is 9.30 Å². The predicted molar refractivity (Wildman–Crippen MR) is 84.6 cm³/mol. The molecule has 0 aliphatic carbocycles. The van der Waals surface area contributed by atoms with Crippen LogP contribution in [0.5, 0.6) is 5.75 Å². The van der Waals surface area contributed by atoms with Gasteiger partial charge in [-0.2, -0.15) is 0 Å². The molecule has 0 N–H and O–H groups in total. The van der Waals surface area contributed by atoms with Crippen LogP contribution in [0.4, 0.5) is 4.39 Å². The van der Waals surface area contributed by atoms with Gasteiger partial charge in [0, 0.05) is 18.7 Å². The molecule has 2 rings (SSSR count). The third-order valence-corrected chi connectivity index (χ3v) is 3.77. The van der Waals surface area contributed by atoms with Crippen LogP contribution < -0.4 is 4.74 Å². The highest BCUT2D eigenvalue weighted by Crippen LogP contribution is 2.29. The van der Waals surface area contributed by atoms with Crippen molar-refractivity contribution in [2.24, 2.45) is 5.92 Å². The molecule has 5 heteroatoms. The monoisotopic (exact) mass is 312 g/mol. The minimum atomic E-state index is -0.398. The number of aryl methyl sites for hydroxylation is 1. The number of rotatable bonds is 6. The highest BCUT2D eigenvalue weighted by atomic mass is 35.5. The summed E-state index contributed by atoms with van der Waals surface area (Å²) < 4.78 is 21.0. The minimum absolute atomic E-state index is 0.217. The lowest BCUT2D eigenvalue weighted by Gasteiger charge is -2.12. The average Bonchev–Trinajstić information content (AvgIpc) is 2.75. The quantitative estimate of drug-likeness (QED) is 0.708. The predicted octanol–water partition coefficient (Wildman–Crippen LogP) is 4.92. The number of methoxy groups -OCH3 is 1. The molecule has 1 atom stereocenters. The zero-order valence-electron chi connectivity index (χ0n) is 13.0. The lowest BCUT2D eigenvalue weighted by atomic mass is 10.1. The summed E-state index contributed by atoms with van der Waals surface area (Å²) in [6.07, 6.45) is 2.17. The van der Waals surface area contributed by atoms with Crippen molar-refractivity contribution in [3.63, 3.8) is 0 Å². The molecule has 0 aliphatic heterocycles. The van der Waals surface area contributed by atoms with Crippen LogP contribution in [0.1, 0.15) is 44.8 Å². The van der Waals surface area contributed by atoms with Crippen LogP contribution in [-0.2, 0) is 6.54 Å². The van der Waals surface area contributed by atoms with Crippen molar-refractivity contribution in [3.05, 3.63) is 23.8 Å². The molecule has 1 unspecified atom stereocenters. The van der Waals surface area contributed by atoms with Crippen LogP contribution in [0, 0.1) is 11.7 Å². The summed E-state index contributed by atoms with van der Waals surface area (Å²) in [6.45, 7) is 7.12. The Labute approximate surface area is 130 Å². The van der Waals surface area contributed by atoms with Gasteiger partial charge in [0.2, 0.25) is 0 Å². The van der Waals surface area contributed by atoms with Crippen molar-refractivity contribution < 1.29 is 9.13 Å². The summed E-state index contributed by atoms with van der Waals surface area (Å²) in [6, 6.07) is 3.12. The second-order valence-electron chi connectivity index (χ2n) is 5.75. The van der Waals surface area contributed by atoms with Crippen molar-refractivity contribution in [1.29, 1.82) is 0 Å². The molecule has 1 aromatic heterocycles. The average molecular weight is 313 g/mol. The number of fused-ring (bicyclic) bond motifs is 1. The number of imidazole rings is 1. The summed E-state index contributed by atoms with van der Waals surface area (Å²) >= 11 is 6.23. The third-order valence-electron chi connectivity index (χ3n) is 3.57. The van der Waals surface area contributed by atoms with Crippen molar-refractivity contribution in [1.82, 2.24) is 9.55 Å². The van der Waals surface area contributed by atoms with Crippen molar-refractivity contribution in [2.45, 2.75) is 45.5 Å². The van der Waals surface area contributed by atoms with Crippen molar-refractivity contribution in [2.75, 3.05) is 7.11 Å². The Morgan fingerprint density at radius 3 is 2.62 bits per heavy atom. The van der Waals surface area contributed by atoms with E-state index in [4.69, 9.17) is 16.3 Å². The lowest BCUT2D eigenvalue weighted by Crippen LogP contribution is -2.05. The van der Waals surface area contributed by atoms with E-state index in [0.717, 1.165) is 30.7 Å². The number of nitrogens with zero attached hydrogens (tertiary/aromatic N) is 2. The molecule has 0 spiro atoms. The molecular formula is C16H22ClFN2O. The van der Waals surface area contributed by atoms with Gasteiger partial charge in [0.15, 0.2) is 11.6 Å². The van der Waals surface area contributed by atoms with E-state index in [1.165, 1.54) is 13.2 Å². The van der Waals surface area contributed by atoms with Crippen LogP contribution in [0.15, 0.2) is 12.1 Å². The first-order chi connectivity index (χ1) is 9.93. The number of alkyl halides is 1. The molecule has 0 bridgehead atoms. The van der Waals surface area contributed by atoms with E-state index in [9.17, 15) is 4.39 Å². The first-order valence-corrected chi connectivity index (χ1v) is 7.75. The Bertz CT molecular complexity index is 622. The Morgan fingerprint density at radius 1 is 1.33 bits per heavy atom. The molecule has 0 radical (unpaired) electrons. The maximum Gasteiger partial charge on any atom is 0.167 e. The molecule has 0 fully saturated rings. The van der Waals surface area contributed by atoms with Crippen LogP contribution in [0.25, 0.3) is 11.0 Å². The Hall–Kier alpha value is -1.29. The first-order valence-electron chi connectivity index (χ1n) is 7.31. The largest absolute Gasteiger partial charge is 0.494 e. The lowest BCUT2D eigenvalue weighted by molar-refractivity contribution is 0.387. The van der Waals surface area contributed by atoms with E-state index in [2.05, 4.69) is 23.4 Å². The van der Waals surface area contributed by atoms with Gasteiger partial charge in [-0.05, 0) is 25.7 Å². The summed E-state index contributed by atoms with van der Waals surface area (Å²) in [5, 5.41) is -0.217. The standard InChI is InChI=1S/C16H22ClFN2O/c1-10(2)6-5-7-20-14-9-15(21-4)12(18)8-13(14)19-16(20)11(3)17/h8-11H,5-7H2,1-4H3. The number of ether oxygens (including phenoxy) is 1. The number of aromatic nitrogens is 2. The zero-order chi connectivity index (χ0) is 15.6. The molecule has 0 saturated carbocycles. The second kappa shape index (κ2) is 6.65. The molecule has 116 valence electrons. The van der Waals surface area contributed by atoms with Gasteiger partial charge >= 0.3 is 0 Å². The van der Waals surface area contributed by atoms with Crippen molar-refractivity contribution in [3.8, 4) is 5.75 Å². The van der Waals surface area contributed by atoms with E-state index in [1.807, 2.05) is 6.92 Å². The van der Waals surface area contributed by atoms with Gasteiger partial charge in [-0.3, -0.25) is 0 Å². The molecular weight excluding hydrogens is 291 g/mol. The topological polar surface area (TPSA) is 27.1 Å². The van der Waals surface area contributed by atoms with Crippen LogP contribution >= 0.6 is 11.6 Å². The Balaban J connectivity index is 2.45.